The Hall–Kier alpha value is -2.04. The van der Waals surface area contributed by atoms with E-state index in [1.54, 1.807) is 12.1 Å². The third-order valence-electron chi connectivity index (χ3n) is 4.88. The van der Waals surface area contributed by atoms with Crippen LogP contribution in [-0.2, 0) is 4.79 Å². The van der Waals surface area contributed by atoms with E-state index in [4.69, 9.17) is 0 Å². The molecule has 0 saturated heterocycles. The Kier molecular flexibility index (Phi) is 9.01. The molecule has 0 aliphatic heterocycles. The Labute approximate surface area is 157 Å². The van der Waals surface area contributed by atoms with Crippen LogP contribution in [0.15, 0.2) is 24.3 Å². The molecule has 0 radical (unpaired) electrons. The van der Waals surface area contributed by atoms with Crippen molar-refractivity contribution in [2.75, 3.05) is 10.6 Å². The highest BCUT2D eigenvalue weighted by atomic mass is 16.2. The van der Waals surface area contributed by atoms with Gasteiger partial charge in [-0.2, -0.15) is 0 Å². The maximum absolute atomic E-state index is 12.4. The number of urea groups is 1. The summed E-state index contributed by atoms with van der Waals surface area (Å²) in [5, 5.41) is 8.76. The number of carbonyl (C=O) groups excluding carboxylic acids is 2. The number of benzene rings is 1. The molecule has 1 aromatic rings. The number of amides is 3. The van der Waals surface area contributed by atoms with Gasteiger partial charge in [-0.25, -0.2) is 4.79 Å². The van der Waals surface area contributed by atoms with Crippen LogP contribution in [0.4, 0.5) is 16.2 Å². The van der Waals surface area contributed by atoms with Crippen molar-refractivity contribution in [3.8, 4) is 0 Å². The largest absolute Gasteiger partial charge is 0.335 e. The van der Waals surface area contributed by atoms with Gasteiger partial charge in [0, 0.05) is 24.3 Å². The van der Waals surface area contributed by atoms with Crippen LogP contribution in [0.5, 0.6) is 0 Å². The number of rotatable bonds is 3. The average molecular weight is 360 g/mol. The summed E-state index contributed by atoms with van der Waals surface area (Å²) in [5.41, 5.74) is 1.36. The fourth-order valence-corrected chi connectivity index (χ4v) is 3.54. The van der Waals surface area contributed by atoms with Crippen molar-refractivity contribution in [2.45, 2.75) is 83.6 Å². The van der Waals surface area contributed by atoms with Gasteiger partial charge in [0.2, 0.25) is 5.91 Å². The Balaban J connectivity index is 1.84. The van der Waals surface area contributed by atoms with Gasteiger partial charge in [0.15, 0.2) is 0 Å². The summed E-state index contributed by atoms with van der Waals surface area (Å²) in [6.45, 7) is 1.47. The van der Waals surface area contributed by atoms with E-state index in [1.165, 1.54) is 64.7 Å². The van der Waals surface area contributed by atoms with E-state index in [9.17, 15) is 9.59 Å². The summed E-state index contributed by atoms with van der Waals surface area (Å²) in [4.78, 5) is 23.5. The van der Waals surface area contributed by atoms with Crippen LogP contribution in [0.1, 0.15) is 77.6 Å². The van der Waals surface area contributed by atoms with Crippen molar-refractivity contribution in [2.24, 2.45) is 0 Å². The first-order valence-corrected chi connectivity index (χ1v) is 10.1. The lowest BCUT2D eigenvalue weighted by atomic mass is 9.98. The molecule has 1 aromatic carbocycles. The van der Waals surface area contributed by atoms with Gasteiger partial charge in [0.25, 0.3) is 0 Å². The molecule has 2 rings (SSSR count). The summed E-state index contributed by atoms with van der Waals surface area (Å²) < 4.78 is 0. The zero-order valence-electron chi connectivity index (χ0n) is 16.0. The minimum atomic E-state index is -0.165. The Bertz CT molecular complexity index is 562. The van der Waals surface area contributed by atoms with Crippen LogP contribution in [0, 0.1) is 0 Å². The molecule has 0 atom stereocenters. The first-order chi connectivity index (χ1) is 12.6. The quantitative estimate of drug-likeness (QED) is 0.672. The van der Waals surface area contributed by atoms with E-state index in [0.717, 1.165) is 12.8 Å². The second kappa shape index (κ2) is 11.6. The zero-order valence-corrected chi connectivity index (χ0v) is 16.0. The second-order valence-electron chi connectivity index (χ2n) is 7.32. The molecule has 5 nitrogen and oxygen atoms in total. The van der Waals surface area contributed by atoms with Crippen molar-refractivity contribution >= 4 is 23.3 Å². The molecule has 3 N–H and O–H groups in total. The van der Waals surface area contributed by atoms with E-state index in [1.807, 2.05) is 12.1 Å². The van der Waals surface area contributed by atoms with Crippen molar-refractivity contribution in [3.63, 3.8) is 0 Å². The van der Waals surface area contributed by atoms with Gasteiger partial charge >= 0.3 is 6.03 Å². The highest BCUT2D eigenvalue weighted by Gasteiger charge is 2.13. The molecule has 0 bridgehead atoms. The standard InChI is InChI=1S/C21H33N3O2/c1-17(25)22-19-14-11-15-20(16-19)24-21(26)23-18-12-9-7-5-3-2-4-6-8-10-13-18/h11,14-16,18H,2-10,12-13H2,1H3,(H,22,25)(H2,23,24,26). The van der Waals surface area contributed by atoms with Crippen LogP contribution in [0.3, 0.4) is 0 Å². The molecule has 144 valence electrons. The predicted molar refractivity (Wildman–Crippen MR) is 107 cm³/mol. The Morgan fingerprint density at radius 3 is 1.85 bits per heavy atom. The summed E-state index contributed by atoms with van der Waals surface area (Å²) in [6, 6.07) is 7.29. The highest BCUT2D eigenvalue weighted by molar-refractivity contribution is 5.92. The molecule has 3 amide bonds. The second-order valence-corrected chi connectivity index (χ2v) is 7.32. The lowest BCUT2D eigenvalue weighted by Gasteiger charge is -2.20. The molecule has 0 aromatic heterocycles. The van der Waals surface area contributed by atoms with Crippen molar-refractivity contribution in [1.82, 2.24) is 5.32 Å². The summed E-state index contributed by atoms with van der Waals surface area (Å²) >= 11 is 0. The first kappa shape index (κ1) is 20.3. The molecule has 1 aliphatic carbocycles. The van der Waals surface area contributed by atoms with E-state index in [-0.39, 0.29) is 18.0 Å². The third kappa shape index (κ3) is 8.37. The molecule has 0 heterocycles. The number of nitrogens with one attached hydrogen (secondary N) is 3. The molecular weight excluding hydrogens is 326 g/mol. The van der Waals surface area contributed by atoms with Gasteiger partial charge in [-0.05, 0) is 31.0 Å². The summed E-state index contributed by atoms with van der Waals surface area (Å²) in [5.74, 6) is -0.125. The third-order valence-corrected chi connectivity index (χ3v) is 4.88. The monoisotopic (exact) mass is 359 g/mol. The SMILES string of the molecule is CC(=O)Nc1cccc(NC(=O)NC2CCCCCCCCCCC2)c1. The lowest BCUT2D eigenvalue weighted by Crippen LogP contribution is -2.38. The number of hydrogen-bond donors (Lipinski definition) is 3. The molecule has 1 fully saturated rings. The lowest BCUT2D eigenvalue weighted by molar-refractivity contribution is -0.114. The van der Waals surface area contributed by atoms with Crippen molar-refractivity contribution in [3.05, 3.63) is 24.3 Å². The molecule has 0 spiro atoms. The minimum Gasteiger partial charge on any atom is -0.335 e. The fourth-order valence-electron chi connectivity index (χ4n) is 3.54. The molecular formula is C21H33N3O2. The topological polar surface area (TPSA) is 70.2 Å². The smallest absolute Gasteiger partial charge is 0.319 e. The maximum atomic E-state index is 12.4. The highest BCUT2D eigenvalue weighted by Crippen LogP contribution is 2.18. The van der Waals surface area contributed by atoms with Crippen LogP contribution in [0.2, 0.25) is 0 Å². The zero-order chi connectivity index (χ0) is 18.6. The van der Waals surface area contributed by atoms with E-state index < -0.39 is 0 Å². The van der Waals surface area contributed by atoms with Crippen molar-refractivity contribution in [1.29, 1.82) is 0 Å². The molecule has 0 unspecified atom stereocenters. The van der Waals surface area contributed by atoms with Crippen LogP contribution >= 0.6 is 0 Å². The summed E-state index contributed by atoms with van der Waals surface area (Å²) in [6.07, 6.45) is 13.7. The normalized spacial score (nSPS) is 17.4. The van der Waals surface area contributed by atoms with Gasteiger partial charge in [0.1, 0.15) is 0 Å². The van der Waals surface area contributed by atoms with E-state index >= 15 is 0 Å². The molecule has 1 saturated carbocycles. The van der Waals surface area contributed by atoms with E-state index in [2.05, 4.69) is 16.0 Å². The molecule has 5 heteroatoms. The maximum Gasteiger partial charge on any atom is 0.319 e. The molecule has 1 aliphatic rings. The predicted octanol–water partition coefficient (Wildman–Crippen LogP) is 5.44. The number of carbonyl (C=O) groups is 2. The van der Waals surface area contributed by atoms with Gasteiger partial charge in [-0.1, -0.05) is 63.9 Å². The van der Waals surface area contributed by atoms with Crippen molar-refractivity contribution < 1.29 is 9.59 Å². The van der Waals surface area contributed by atoms with Gasteiger partial charge in [0.05, 0.1) is 0 Å². The minimum absolute atomic E-state index is 0.125. The van der Waals surface area contributed by atoms with Gasteiger partial charge < -0.3 is 16.0 Å². The van der Waals surface area contributed by atoms with Gasteiger partial charge in [-0.3, -0.25) is 4.79 Å². The fraction of sp³-hybridized carbons (Fsp3) is 0.619. The summed E-state index contributed by atoms with van der Waals surface area (Å²) in [7, 11) is 0. The first-order valence-electron chi connectivity index (χ1n) is 10.1. The molecule has 26 heavy (non-hydrogen) atoms. The van der Waals surface area contributed by atoms with Crippen LogP contribution in [0.25, 0.3) is 0 Å². The van der Waals surface area contributed by atoms with E-state index in [0.29, 0.717) is 11.4 Å². The van der Waals surface area contributed by atoms with Crippen LogP contribution < -0.4 is 16.0 Å². The van der Waals surface area contributed by atoms with Gasteiger partial charge in [-0.15, -0.1) is 0 Å². The Morgan fingerprint density at radius 1 is 0.808 bits per heavy atom. The average Bonchev–Trinajstić information content (AvgIpc) is 2.57. The number of anilines is 2. The number of hydrogen-bond acceptors (Lipinski definition) is 2. The Morgan fingerprint density at radius 2 is 1.31 bits per heavy atom. The van der Waals surface area contributed by atoms with Crippen LogP contribution in [-0.4, -0.2) is 18.0 Å².